The number of carbonyl (C=O) groups excluding carboxylic acids is 7. The molecule has 0 aliphatic carbocycles. The first-order valence-corrected chi connectivity index (χ1v) is 23.4. The number of unbranched alkanes of at least 4 members (excludes halogenated alkanes) is 2. The largest absolute Gasteiger partial charge is 0.444 e. The second-order valence-electron chi connectivity index (χ2n) is 19.3. The van der Waals surface area contributed by atoms with E-state index < -0.39 is 76.6 Å². The average Bonchev–Trinajstić information content (AvgIpc) is 3.69. The Morgan fingerprint density at radius 1 is 0.716 bits per heavy atom. The summed E-state index contributed by atoms with van der Waals surface area (Å²) in [5.74, 6) is -5.91. The fourth-order valence-electron chi connectivity index (χ4n) is 7.44. The number of oxazole rings is 1. The van der Waals surface area contributed by atoms with Crippen molar-refractivity contribution in [2.24, 2.45) is 17.8 Å². The highest BCUT2D eigenvalue weighted by atomic mass is 35.5. The van der Waals surface area contributed by atoms with E-state index in [1.807, 2.05) is 19.1 Å². The molecular weight excluding hydrogens is 876 g/mol. The van der Waals surface area contributed by atoms with Gasteiger partial charge in [0.15, 0.2) is 22.9 Å². The lowest BCUT2D eigenvalue weighted by atomic mass is 9.92. The molecule has 362 valence electrons. The number of rotatable bonds is 24. The van der Waals surface area contributed by atoms with Gasteiger partial charge < -0.3 is 29.8 Å². The molecule has 0 saturated heterocycles. The first-order chi connectivity index (χ1) is 31.4. The van der Waals surface area contributed by atoms with Crippen LogP contribution in [0, 0.1) is 17.8 Å². The fraction of sp³-hybridized carbons (Fsp3) is 0.500. The summed E-state index contributed by atoms with van der Waals surface area (Å²) in [6, 6.07) is 18.9. The molecule has 0 fully saturated rings. The zero-order valence-electron chi connectivity index (χ0n) is 40.5. The van der Waals surface area contributed by atoms with Crippen LogP contribution in [0.15, 0.2) is 77.2 Å². The topological polar surface area (TPSA) is 200 Å². The first kappa shape index (κ1) is 53.9. The van der Waals surface area contributed by atoms with E-state index in [0.717, 1.165) is 24.0 Å². The molecular formula is C52H67ClN4O10. The number of nitrogens with one attached hydrogen (secondary N) is 3. The van der Waals surface area contributed by atoms with E-state index in [4.69, 9.17) is 25.5 Å². The van der Waals surface area contributed by atoms with E-state index in [1.54, 1.807) is 123 Å². The van der Waals surface area contributed by atoms with Crippen LogP contribution >= 0.6 is 11.6 Å². The maximum absolute atomic E-state index is 14.3. The number of ether oxygens (including phenoxy) is 2. The second kappa shape index (κ2) is 24.3. The summed E-state index contributed by atoms with van der Waals surface area (Å²) >= 11 is 6.06. The number of para-hydroxylation sites is 2. The molecule has 0 unspecified atom stereocenters. The number of hydrogen-bond acceptors (Lipinski definition) is 11. The third-order valence-electron chi connectivity index (χ3n) is 10.9. The summed E-state index contributed by atoms with van der Waals surface area (Å²) < 4.78 is 17.2. The van der Waals surface area contributed by atoms with Gasteiger partial charge in [-0.25, -0.2) is 9.78 Å². The van der Waals surface area contributed by atoms with Crippen molar-refractivity contribution in [3.63, 3.8) is 0 Å². The number of benzene rings is 3. The Balaban J connectivity index is 1.50. The molecule has 6 atom stereocenters. The minimum atomic E-state index is -1.28. The van der Waals surface area contributed by atoms with E-state index in [9.17, 15) is 33.6 Å². The molecule has 1 aromatic heterocycles. The Morgan fingerprint density at radius 3 is 1.93 bits per heavy atom. The van der Waals surface area contributed by atoms with Gasteiger partial charge in [-0.1, -0.05) is 100 Å². The lowest BCUT2D eigenvalue weighted by Crippen LogP contribution is -2.54. The van der Waals surface area contributed by atoms with Crippen LogP contribution in [-0.2, 0) is 28.7 Å². The van der Waals surface area contributed by atoms with Crippen molar-refractivity contribution in [3.05, 3.63) is 89.3 Å². The zero-order valence-corrected chi connectivity index (χ0v) is 41.2. The van der Waals surface area contributed by atoms with Gasteiger partial charge in [0.25, 0.3) is 5.89 Å². The fourth-order valence-corrected chi connectivity index (χ4v) is 7.57. The number of fused-ring (bicyclic) bond motifs is 1. The van der Waals surface area contributed by atoms with Crippen LogP contribution in [0.25, 0.3) is 22.2 Å². The van der Waals surface area contributed by atoms with Crippen molar-refractivity contribution in [2.45, 2.75) is 144 Å². The van der Waals surface area contributed by atoms with Crippen LogP contribution in [0.1, 0.15) is 135 Å². The third-order valence-corrected chi connectivity index (χ3v) is 11.2. The van der Waals surface area contributed by atoms with Crippen LogP contribution in [0.5, 0.6) is 0 Å². The van der Waals surface area contributed by atoms with Crippen LogP contribution in [0.2, 0.25) is 5.02 Å². The van der Waals surface area contributed by atoms with Crippen LogP contribution < -0.4 is 16.0 Å². The number of Topliss-reactive ketones (excluding diaryl/α,β-unsaturated/α-hetero) is 4. The summed E-state index contributed by atoms with van der Waals surface area (Å²) in [7, 11) is 0. The van der Waals surface area contributed by atoms with Gasteiger partial charge >= 0.3 is 6.09 Å². The SMILES string of the molecule is CCCCC[C@H](NC(=O)[C@H](C)CC(=O)[C@@H](NC(=O)[C@H](CNC(=O)OC(C)(C)C)CC(=O)c1ccc(-c2ccc(Cl)cc2)cc1)[C@@H](C)OC(C)(C)C)C(=O)C[C@@H](C)C(=O)c1nc2ccccc2o1. The van der Waals surface area contributed by atoms with Crippen molar-refractivity contribution < 1.29 is 47.5 Å². The molecule has 3 aromatic carbocycles. The van der Waals surface area contributed by atoms with Crippen molar-refractivity contribution in [2.75, 3.05) is 6.54 Å². The van der Waals surface area contributed by atoms with Gasteiger partial charge in [-0.05, 0) is 90.3 Å². The van der Waals surface area contributed by atoms with Crippen molar-refractivity contribution >= 4 is 63.7 Å². The Bertz CT molecular complexity index is 2310. The molecule has 0 aliphatic heterocycles. The summed E-state index contributed by atoms with van der Waals surface area (Å²) in [5, 5.41) is 8.83. The molecule has 14 nitrogen and oxygen atoms in total. The highest BCUT2D eigenvalue weighted by molar-refractivity contribution is 6.30. The zero-order chi connectivity index (χ0) is 49.6. The molecule has 3 amide bonds. The first-order valence-electron chi connectivity index (χ1n) is 23.0. The van der Waals surface area contributed by atoms with Crippen LogP contribution in [-0.4, -0.2) is 82.0 Å². The average molecular weight is 944 g/mol. The molecule has 4 aromatic rings. The summed E-state index contributed by atoms with van der Waals surface area (Å²) in [4.78, 5) is 100. The Morgan fingerprint density at radius 2 is 1.33 bits per heavy atom. The molecule has 0 bridgehead atoms. The summed E-state index contributed by atoms with van der Waals surface area (Å²) in [5.41, 5.74) is 1.48. The van der Waals surface area contributed by atoms with Crippen LogP contribution in [0.4, 0.5) is 4.79 Å². The lowest BCUT2D eigenvalue weighted by molar-refractivity contribution is -0.139. The van der Waals surface area contributed by atoms with Crippen molar-refractivity contribution in [1.29, 1.82) is 0 Å². The monoisotopic (exact) mass is 942 g/mol. The number of hydrogen-bond donors (Lipinski definition) is 3. The van der Waals surface area contributed by atoms with Gasteiger partial charge in [0.05, 0.1) is 23.7 Å². The molecule has 67 heavy (non-hydrogen) atoms. The minimum Gasteiger partial charge on any atom is -0.444 e. The number of ketones is 4. The van der Waals surface area contributed by atoms with Crippen molar-refractivity contribution in [1.82, 2.24) is 20.9 Å². The highest BCUT2D eigenvalue weighted by Crippen LogP contribution is 2.25. The Hall–Kier alpha value is -5.73. The molecule has 4 rings (SSSR count). The predicted octanol–water partition coefficient (Wildman–Crippen LogP) is 9.69. The number of nitrogens with zero attached hydrogens (tertiary/aromatic N) is 1. The van der Waals surface area contributed by atoms with Gasteiger partial charge in [0.1, 0.15) is 17.2 Å². The summed E-state index contributed by atoms with van der Waals surface area (Å²) in [6.07, 6.45) is 0.141. The summed E-state index contributed by atoms with van der Waals surface area (Å²) in [6.45, 7) is 17.0. The van der Waals surface area contributed by atoms with Gasteiger partial charge in [0, 0.05) is 48.2 Å². The normalized spacial score (nSPS) is 14.5. The maximum atomic E-state index is 14.3. The highest BCUT2D eigenvalue weighted by Gasteiger charge is 2.36. The quantitative estimate of drug-likeness (QED) is 0.0446. The van der Waals surface area contributed by atoms with Gasteiger partial charge in [-0.3, -0.25) is 28.8 Å². The van der Waals surface area contributed by atoms with E-state index in [0.29, 0.717) is 34.5 Å². The molecule has 0 aliphatic rings. The molecule has 0 radical (unpaired) electrons. The number of aromatic nitrogens is 1. The predicted molar refractivity (Wildman–Crippen MR) is 258 cm³/mol. The maximum Gasteiger partial charge on any atom is 0.407 e. The third kappa shape index (κ3) is 17.1. The number of halogens is 1. The standard InChI is InChI=1S/C52H67ClN4O10/c1-11-12-13-16-39(42(59)27-31(2)46(61)49-56-40-17-14-15-18-44(40)65-49)55-47(62)32(3)28-43(60)45(33(4)66-51(5,6)7)57-48(63)37(30-54-50(64)67-52(8,9)10)29-41(58)36-21-19-34(20-22-36)35-23-25-38(53)26-24-35/h14-15,17-26,31-33,37,39,45H,11-13,16,27-30H2,1-10H3,(H,54,64)(H,55,62)(H,57,63)/t31-,32-,33-,37+,39+,45+/m1/s1. The number of amides is 3. The molecule has 0 spiro atoms. The smallest absolute Gasteiger partial charge is 0.407 e. The van der Waals surface area contributed by atoms with E-state index in [2.05, 4.69) is 20.9 Å². The van der Waals surface area contributed by atoms with E-state index >= 15 is 0 Å². The Kier molecular flexibility index (Phi) is 19.6. The van der Waals surface area contributed by atoms with Crippen LogP contribution in [0.3, 0.4) is 0 Å². The van der Waals surface area contributed by atoms with E-state index in [-0.39, 0.29) is 43.3 Å². The lowest BCUT2D eigenvalue weighted by Gasteiger charge is -2.32. The van der Waals surface area contributed by atoms with Crippen molar-refractivity contribution in [3.8, 4) is 11.1 Å². The number of alkyl carbamates (subject to hydrolysis) is 1. The van der Waals surface area contributed by atoms with Gasteiger partial charge in [-0.2, -0.15) is 0 Å². The molecule has 0 saturated carbocycles. The molecule has 15 heteroatoms. The second-order valence-corrected chi connectivity index (χ2v) is 19.7. The molecule has 3 N–H and O–H groups in total. The Labute approximate surface area is 399 Å². The van der Waals surface area contributed by atoms with E-state index in [1.165, 1.54) is 0 Å². The molecule has 1 heterocycles. The van der Waals surface area contributed by atoms with Gasteiger partial charge in [-0.15, -0.1) is 0 Å². The number of carbonyl (C=O) groups is 7. The van der Waals surface area contributed by atoms with Gasteiger partial charge in [0.2, 0.25) is 17.6 Å². The minimum absolute atomic E-state index is 0.0933.